The summed E-state index contributed by atoms with van der Waals surface area (Å²) in [6.45, 7) is 11.8. The molecule has 0 aliphatic carbocycles. The third kappa shape index (κ3) is 4.93. The van der Waals surface area contributed by atoms with Gasteiger partial charge in [-0.05, 0) is 34.6 Å². The third-order valence-corrected chi connectivity index (χ3v) is 4.74. The Bertz CT molecular complexity index is 1040. The molecular weight excluding hydrogens is 380 g/mol. The molecule has 6 nitrogen and oxygen atoms in total. The number of nitriles is 1. The Morgan fingerprint density at radius 1 is 1.07 bits per heavy atom. The van der Waals surface area contributed by atoms with E-state index in [1.807, 2.05) is 47.6 Å². The van der Waals surface area contributed by atoms with E-state index in [4.69, 9.17) is 0 Å². The summed E-state index contributed by atoms with van der Waals surface area (Å²) >= 11 is 0. The van der Waals surface area contributed by atoms with E-state index in [-0.39, 0.29) is 33.4 Å². The number of allylic oxidation sites excluding steroid dienone is 1. The first-order chi connectivity index (χ1) is 13.8. The van der Waals surface area contributed by atoms with Gasteiger partial charge in [0.05, 0.1) is 4.92 Å². The number of carbonyl (C=O) groups excluding carboxylic acids is 1. The molecule has 0 bridgehead atoms. The van der Waals surface area contributed by atoms with Gasteiger partial charge in [-0.15, -0.1) is 0 Å². The van der Waals surface area contributed by atoms with Gasteiger partial charge in [-0.1, -0.05) is 53.7 Å². The number of nitro benzene ring substituents is 1. The van der Waals surface area contributed by atoms with Crippen LogP contribution in [-0.2, 0) is 10.8 Å². The molecule has 0 unspecified atom stereocenters. The van der Waals surface area contributed by atoms with Gasteiger partial charge in [-0.2, -0.15) is 5.26 Å². The van der Waals surface area contributed by atoms with Crippen LogP contribution >= 0.6 is 0 Å². The SMILES string of the molecule is CC(C)(C)c1cc(C=C(C#N)C(=O)c2cccc([N+](=O)[O-])c2)cc(C(C)(C)C)c1O. The largest absolute Gasteiger partial charge is 0.507 e. The number of ketones is 1. The van der Waals surface area contributed by atoms with Crippen molar-refractivity contribution in [3.05, 3.63) is 74.3 Å². The highest BCUT2D eigenvalue weighted by Gasteiger charge is 2.26. The van der Waals surface area contributed by atoms with E-state index in [2.05, 4.69) is 0 Å². The molecule has 2 aromatic carbocycles. The number of hydrogen-bond acceptors (Lipinski definition) is 5. The minimum atomic E-state index is -0.594. The first-order valence-corrected chi connectivity index (χ1v) is 9.54. The third-order valence-electron chi connectivity index (χ3n) is 4.74. The number of hydrogen-bond donors (Lipinski definition) is 1. The molecule has 30 heavy (non-hydrogen) atoms. The molecule has 6 heteroatoms. The number of benzene rings is 2. The summed E-state index contributed by atoms with van der Waals surface area (Å²) in [6, 6.07) is 10.7. The predicted molar refractivity (Wildman–Crippen MR) is 117 cm³/mol. The fourth-order valence-electron chi connectivity index (χ4n) is 3.12. The lowest BCUT2D eigenvalue weighted by Crippen LogP contribution is -2.17. The van der Waals surface area contributed by atoms with Gasteiger partial charge in [0, 0.05) is 28.8 Å². The number of nitro groups is 1. The molecule has 0 atom stereocenters. The normalized spacial score (nSPS) is 12.4. The maximum absolute atomic E-state index is 12.8. The second kappa shape index (κ2) is 8.11. The molecule has 156 valence electrons. The van der Waals surface area contributed by atoms with Crippen LogP contribution in [0.1, 0.15) is 68.6 Å². The average Bonchev–Trinajstić information content (AvgIpc) is 2.64. The number of phenols is 1. The molecule has 0 saturated heterocycles. The van der Waals surface area contributed by atoms with Crippen molar-refractivity contribution in [2.24, 2.45) is 0 Å². The molecular formula is C24H26N2O4. The fourth-order valence-corrected chi connectivity index (χ4v) is 3.12. The molecule has 1 N–H and O–H groups in total. The van der Waals surface area contributed by atoms with Crippen molar-refractivity contribution >= 4 is 17.5 Å². The van der Waals surface area contributed by atoms with E-state index in [9.17, 15) is 25.3 Å². The average molecular weight is 406 g/mol. The number of Topliss-reactive ketones (excluding diaryl/α,β-unsaturated/α-hetero) is 1. The number of rotatable bonds is 4. The summed E-state index contributed by atoms with van der Waals surface area (Å²) in [6.07, 6.45) is 1.46. The van der Waals surface area contributed by atoms with Crippen molar-refractivity contribution in [2.75, 3.05) is 0 Å². The number of non-ortho nitro benzene ring substituents is 1. The summed E-state index contributed by atoms with van der Waals surface area (Å²) in [4.78, 5) is 23.2. The topological polar surface area (TPSA) is 104 Å². The Labute approximate surface area is 176 Å². The molecule has 0 saturated carbocycles. The molecule has 0 aliphatic rings. The van der Waals surface area contributed by atoms with Crippen molar-refractivity contribution in [3.8, 4) is 11.8 Å². The Morgan fingerprint density at radius 3 is 2.03 bits per heavy atom. The van der Waals surface area contributed by atoms with Crippen LogP contribution in [0.5, 0.6) is 5.75 Å². The van der Waals surface area contributed by atoms with Crippen LogP contribution in [0.25, 0.3) is 6.08 Å². The molecule has 2 rings (SSSR count). The minimum absolute atomic E-state index is 0.0721. The van der Waals surface area contributed by atoms with Crippen LogP contribution in [-0.4, -0.2) is 15.8 Å². The Hall–Kier alpha value is -3.46. The Balaban J connectivity index is 2.64. The second-order valence-corrected chi connectivity index (χ2v) is 9.27. The number of aromatic hydroxyl groups is 1. The highest BCUT2D eigenvalue weighted by Crippen LogP contribution is 2.40. The maximum atomic E-state index is 12.8. The molecule has 0 spiro atoms. The van der Waals surface area contributed by atoms with Crippen molar-refractivity contribution in [1.82, 2.24) is 0 Å². The fraction of sp³-hybridized carbons (Fsp3) is 0.333. The lowest BCUT2D eigenvalue weighted by Gasteiger charge is -2.28. The van der Waals surface area contributed by atoms with E-state index in [1.165, 1.54) is 24.3 Å². The predicted octanol–water partition coefficient (Wildman–Crippen LogP) is 5.69. The first-order valence-electron chi connectivity index (χ1n) is 9.54. The number of nitrogens with zero attached hydrogens (tertiary/aromatic N) is 2. The first kappa shape index (κ1) is 22.8. The van der Waals surface area contributed by atoms with Gasteiger partial charge >= 0.3 is 0 Å². The van der Waals surface area contributed by atoms with Gasteiger partial charge in [-0.25, -0.2) is 0 Å². The Kier molecular flexibility index (Phi) is 6.17. The molecule has 0 heterocycles. The van der Waals surface area contributed by atoms with E-state index in [0.717, 1.165) is 6.07 Å². The summed E-state index contributed by atoms with van der Waals surface area (Å²) in [7, 11) is 0. The van der Waals surface area contributed by atoms with Gasteiger partial charge in [0.15, 0.2) is 0 Å². The zero-order valence-corrected chi connectivity index (χ0v) is 18.1. The van der Waals surface area contributed by atoms with Crippen LogP contribution in [0.2, 0.25) is 0 Å². The lowest BCUT2D eigenvalue weighted by molar-refractivity contribution is -0.384. The highest BCUT2D eigenvalue weighted by molar-refractivity contribution is 6.14. The Morgan fingerprint density at radius 2 is 1.60 bits per heavy atom. The van der Waals surface area contributed by atoms with Crippen LogP contribution in [0, 0.1) is 21.4 Å². The zero-order chi connectivity index (χ0) is 22.9. The van der Waals surface area contributed by atoms with Crippen LogP contribution in [0.15, 0.2) is 42.0 Å². The van der Waals surface area contributed by atoms with Gasteiger partial charge in [0.1, 0.15) is 17.4 Å². The maximum Gasteiger partial charge on any atom is 0.270 e. The summed E-state index contributed by atoms with van der Waals surface area (Å²) in [5.74, 6) is -0.389. The molecule has 0 aromatic heterocycles. The van der Waals surface area contributed by atoms with Crippen molar-refractivity contribution in [2.45, 2.75) is 52.4 Å². The molecule has 0 fully saturated rings. The van der Waals surface area contributed by atoms with Gasteiger partial charge < -0.3 is 5.11 Å². The molecule has 2 aromatic rings. The quantitative estimate of drug-likeness (QED) is 0.231. The smallest absolute Gasteiger partial charge is 0.270 e. The van der Waals surface area contributed by atoms with Gasteiger partial charge in [-0.3, -0.25) is 14.9 Å². The molecule has 0 aliphatic heterocycles. The van der Waals surface area contributed by atoms with E-state index in [1.54, 1.807) is 12.1 Å². The van der Waals surface area contributed by atoms with E-state index < -0.39 is 10.7 Å². The van der Waals surface area contributed by atoms with Crippen LogP contribution in [0.4, 0.5) is 5.69 Å². The molecule has 0 radical (unpaired) electrons. The van der Waals surface area contributed by atoms with E-state index in [0.29, 0.717) is 16.7 Å². The minimum Gasteiger partial charge on any atom is -0.507 e. The second-order valence-electron chi connectivity index (χ2n) is 9.27. The number of phenolic OH excluding ortho intramolecular Hbond substituents is 1. The van der Waals surface area contributed by atoms with Gasteiger partial charge in [0.25, 0.3) is 5.69 Å². The summed E-state index contributed by atoms with van der Waals surface area (Å²) in [5, 5.41) is 31.4. The van der Waals surface area contributed by atoms with E-state index >= 15 is 0 Å². The zero-order valence-electron chi connectivity index (χ0n) is 18.1. The van der Waals surface area contributed by atoms with Crippen molar-refractivity contribution in [1.29, 1.82) is 5.26 Å². The summed E-state index contributed by atoms with van der Waals surface area (Å²) < 4.78 is 0. The lowest BCUT2D eigenvalue weighted by atomic mass is 9.78. The van der Waals surface area contributed by atoms with Crippen LogP contribution in [0.3, 0.4) is 0 Å². The van der Waals surface area contributed by atoms with Crippen LogP contribution < -0.4 is 0 Å². The van der Waals surface area contributed by atoms with Gasteiger partial charge in [0.2, 0.25) is 5.78 Å². The van der Waals surface area contributed by atoms with Crippen molar-refractivity contribution < 1.29 is 14.8 Å². The van der Waals surface area contributed by atoms with Crippen molar-refractivity contribution in [3.63, 3.8) is 0 Å². The highest BCUT2D eigenvalue weighted by atomic mass is 16.6. The standard InChI is InChI=1S/C24H26N2O4/c1-23(2,3)19-11-15(12-20(22(19)28)24(4,5)6)10-17(14-25)21(27)16-8-7-9-18(13-16)26(29)30/h7-13,28H,1-6H3. The number of carbonyl (C=O) groups is 1. The monoisotopic (exact) mass is 406 g/mol. The molecule has 0 amide bonds. The summed E-state index contributed by atoms with van der Waals surface area (Å²) in [5.41, 5.74) is 1.03.